The number of rotatable bonds is 6. The topological polar surface area (TPSA) is 45.0 Å². The summed E-state index contributed by atoms with van der Waals surface area (Å²) in [6.45, 7) is 1.63. The molecule has 86 valence electrons. The molecule has 3 nitrogen and oxygen atoms in total. The minimum Gasteiger partial charge on any atom is -0.494 e. The predicted molar refractivity (Wildman–Crippen MR) is 67.5 cm³/mol. The Bertz CT molecular complexity index is 374. The Morgan fingerprint density at radius 1 is 1.50 bits per heavy atom. The number of benzene rings is 1. The summed E-state index contributed by atoms with van der Waals surface area (Å²) in [6.07, 6.45) is 1.37. The highest BCUT2D eigenvalue weighted by atomic mass is 79.9. The summed E-state index contributed by atoms with van der Waals surface area (Å²) in [4.78, 5) is 0. The highest BCUT2D eigenvalue weighted by molar-refractivity contribution is 9.10. The lowest BCUT2D eigenvalue weighted by atomic mass is 10.1. The molecule has 0 radical (unpaired) electrons. The molecular weight excluding hydrogens is 268 g/mol. The van der Waals surface area contributed by atoms with E-state index in [1.165, 1.54) is 0 Å². The molecule has 4 heteroatoms. The van der Waals surface area contributed by atoms with Crippen LogP contribution in [0.5, 0.6) is 5.75 Å². The number of hydrogen-bond acceptors (Lipinski definition) is 3. The lowest BCUT2D eigenvalue weighted by Gasteiger charge is -2.08. The summed E-state index contributed by atoms with van der Waals surface area (Å²) in [5, 5.41) is 11.7. The number of ether oxygens (including phenoxy) is 1. The number of nitriles is 1. The molecule has 0 aliphatic rings. The van der Waals surface area contributed by atoms with Crippen molar-refractivity contribution in [2.24, 2.45) is 0 Å². The van der Waals surface area contributed by atoms with Crippen molar-refractivity contribution in [3.63, 3.8) is 0 Å². The molecule has 0 amide bonds. The van der Waals surface area contributed by atoms with Crippen LogP contribution in [0, 0.1) is 11.3 Å². The first-order chi connectivity index (χ1) is 7.77. The van der Waals surface area contributed by atoms with Crippen molar-refractivity contribution in [3.8, 4) is 11.8 Å². The van der Waals surface area contributed by atoms with Gasteiger partial charge in [0.1, 0.15) is 5.75 Å². The molecule has 0 aliphatic heterocycles. The van der Waals surface area contributed by atoms with Gasteiger partial charge in [0.2, 0.25) is 0 Å². The molecule has 16 heavy (non-hydrogen) atoms. The number of nitrogens with zero attached hydrogens (tertiary/aromatic N) is 1. The Morgan fingerprint density at radius 2 is 2.31 bits per heavy atom. The van der Waals surface area contributed by atoms with Crippen LogP contribution in [0.15, 0.2) is 22.7 Å². The number of hydrogen-bond donors (Lipinski definition) is 1. The van der Waals surface area contributed by atoms with E-state index in [9.17, 15) is 0 Å². The molecule has 0 spiro atoms. The summed E-state index contributed by atoms with van der Waals surface area (Å²) < 4.78 is 6.54. The Morgan fingerprint density at radius 3 is 3.00 bits per heavy atom. The monoisotopic (exact) mass is 282 g/mol. The third kappa shape index (κ3) is 4.21. The summed E-state index contributed by atoms with van der Waals surface area (Å²) in [6, 6.07) is 7.87. The van der Waals surface area contributed by atoms with E-state index < -0.39 is 0 Å². The molecule has 0 aliphatic carbocycles. The van der Waals surface area contributed by atoms with Gasteiger partial charge in [-0.3, -0.25) is 0 Å². The molecule has 1 aromatic rings. The van der Waals surface area contributed by atoms with Gasteiger partial charge in [-0.05, 0) is 43.8 Å². The first-order valence-corrected chi connectivity index (χ1v) is 6.00. The van der Waals surface area contributed by atoms with E-state index in [1.807, 2.05) is 25.2 Å². The highest BCUT2D eigenvalue weighted by Crippen LogP contribution is 2.22. The maximum atomic E-state index is 8.66. The van der Waals surface area contributed by atoms with E-state index >= 15 is 0 Å². The van der Waals surface area contributed by atoms with Gasteiger partial charge in [0.05, 0.1) is 19.1 Å². The maximum absolute atomic E-state index is 8.66. The molecule has 1 rings (SSSR count). The second-order valence-electron chi connectivity index (χ2n) is 3.39. The molecule has 0 heterocycles. The quantitative estimate of drug-likeness (QED) is 0.816. The van der Waals surface area contributed by atoms with Crippen LogP contribution in [0.3, 0.4) is 0 Å². The average Bonchev–Trinajstić information content (AvgIpc) is 2.29. The molecule has 0 aromatic heterocycles. The van der Waals surface area contributed by atoms with Gasteiger partial charge in [-0.25, -0.2) is 0 Å². The van der Waals surface area contributed by atoms with Crippen LogP contribution < -0.4 is 10.1 Å². The zero-order valence-corrected chi connectivity index (χ0v) is 10.9. The molecule has 1 aromatic carbocycles. The lowest BCUT2D eigenvalue weighted by Crippen LogP contribution is -2.11. The van der Waals surface area contributed by atoms with Gasteiger partial charge < -0.3 is 10.1 Å². The molecule has 0 bridgehead atoms. The first kappa shape index (κ1) is 13.0. The third-order valence-corrected chi connectivity index (χ3v) is 2.90. The predicted octanol–water partition coefficient (Wildman–Crippen LogP) is 2.50. The van der Waals surface area contributed by atoms with E-state index in [4.69, 9.17) is 10.00 Å². The fourth-order valence-electron chi connectivity index (χ4n) is 1.30. The minimum absolute atomic E-state index is 0.397. The van der Waals surface area contributed by atoms with E-state index in [0.717, 1.165) is 28.8 Å². The first-order valence-electron chi connectivity index (χ1n) is 5.20. The fourth-order valence-corrected chi connectivity index (χ4v) is 1.69. The van der Waals surface area contributed by atoms with Crippen LogP contribution in [0.2, 0.25) is 0 Å². The smallest absolute Gasteiger partial charge is 0.119 e. The van der Waals surface area contributed by atoms with Crippen LogP contribution in [0.4, 0.5) is 0 Å². The summed E-state index contributed by atoms with van der Waals surface area (Å²) in [7, 11) is 1.92. The van der Waals surface area contributed by atoms with Crippen molar-refractivity contribution in [1.82, 2.24) is 5.32 Å². The van der Waals surface area contributed by atoms with Crippen LogP contribution >= 0.6 is 15.9 Å². The van der Waals surface area contributed by atoms with Gasteiger partial charge >= 0.3 is 0 Å². The van der Waals surface area contributed by atoms with Crippen molar-refractivity contribution < 1.29 is 4.74 Å². The Kier molecular flexibility index (Phi) is 5.91. The van der Waals surface area contributed by atoms with Crippen molar-refractivity contribution in [2.75, 3.05) is 20.2 Å². The standard InChI is InChI=1S/C12H15BrN2O/c1-15-7-2-8-16-11-3-4-12(13)10(9-11)5-6-14/h3-4,9,15H,2,5,7-8H2,1H3. The highest BCUT2D eigenvalue weighted by Gasteiger charge is 2.02. The third-order valence-electron chi connectivity index (χ3n) is 2.13. The minimum atomic E-state index is 0.397. The number of nitrogens with one attached hydrogen (secondary N) is 1. The van der Waals surface area contributed by atoms with Crippen LogP contribution in [-0.4, -0.2) is 20.2 Å². The Hall–Kier alpha value is -1.05. The number of halogens is 1. The van der Waals surface area contributed by atoms with Crippen molar-refractivity contribution in [3.05, 3.63) is 28.2 Å². The van der Waals surface area contributed by atoms with Crippen molar-refractivity contribution >= 4 is 15.9 Å². The largest absolute Gasteiger partial charge is 0.494 e. The molecule has 0 atom stereocenters. The van der Waals surface area contributed by atoms with Gasteiger partial charge in [0, 0.05) is 4.47 Å². The van der Waals surface area contributed by atoms with Crippen molar-refractivity contribution in [2.45, 2.75) is 12.8 Å². The average molecular weight is 283 g/mol. The van der Waals surface area contributed by atoms with Crippen LogP contribution in [0.25, 0.3) is 0 Å². The van der Waals surface area contributed by atoms with Crippen LogP contribution in [-0.2, 0) is 6.42 Å². The van der Waals surface area contributed by atoms with E-state index in [1.54, 1.807) is 0 Å². The Labute approximate surface area is 105 Å². The Balaban J connectivity index is 2.54. The second-order valence-corrected chi connectivity index (χ2v) is 4.25. The van der Waals surface area contributed by atoms with Crippen molar-refractivity contribution in [1.29, 1.82) is 5.26 Å². The molecule has 0 saturated heterocycles. The molecule has 0 saturated carbocycles. The van der Waals surface area contributed by atoms with Gasteiger partial charge in [0.15, 0.2) is 0 Å². The van der Waals surface area contributed by atoms with Gasteiger partial charge in [-0.15, -0.1) is 0 Å². The molecule has 0 fully saturated rings. The molecular formula is C12H15BrN2O. The van der Waals surface area contributed by atoms with E-state index in [0.29, 0.717) is 13.0 Å². The normalized spacial score (nSPS) is 9.81. The fraction of sp³-hybridized carbons (Fsp3) is 0.417. The van der Waals surface area contributed by atoms with Gasteiger partial charge in [0.25, 0.3) is 0 Å². The van der Waals surface area contributed by atoms with Gasteiger partial charge in [-0.2, -0.15) is 5.26 Å². The lowest BCUT2D eigenvalue weighted by molar-refractivity contribution is 0.309. The van der Waals surface area contributed by atoms with E-state index in [2.05, 4.69) is 27.3 Å². The van der Waals surface area contributed by atoms with Crippen LogP contribution in [0.1, 0.15) is 12.0 Å². The van der Waals surface area contributed by atoms with E-state index in [-0.39, 0.29) is 0 Å². The summed E-state index contributed by atoms with van der Waals surface area (Å²) in [5.41, 5.74) is 0.966. The zero-order chi connectivity index (χ0) is 11.8. The van der Waals surface area contributed by atoms with Gasteiger partial charge in [-0.1, -0.05) is 15.9 Å². The SMILES string of the molecule is CNCCCOc1ccc(Br)c(CC#N)c1. The summed E-state index contributed by atoms with van der Waals surface area (Å²) >= 11 is 3.41. The maximum Gasteiger partial charge on any atom is 0.119 e. The summed E-state index contributed by atoms with van der Waals surface area (Å²) in [5.74, 6) is 0.824. The molecule has 0 unspecified atom stereocenters. The molecule has 1 N–H and O–H groups in total. The zero-order valence-electron chi connectivity index (χ0n) is 9.29. The second kappa shape index (κ2) is 7.26.